The number of azo groups is 1. The molecule has 0 unspecified atom stereocenters. The molecule has 13 heteroatoms. The monoisotopic (exact) mass is 529 g/mol. The molecule has 2 heterocycles. The standard InChI is InChI=1S/C26H27N9O4/c1-3-38-24-13-19(8-11-23(24)37-2)21-5-4-12-35(34-21)25(36)16-39-30-15-18-6-9-20(10-7-18)31-32-22(14-27)26-28-17-29-33-26/h6-11,13,15,17,27H,3-5,12,16H2,1-2H3,(H,28,29,33)/b30-15-,32-31?. The van der Waals surface area contributed by atoms with Gasteiger partial charge in [-0.15, -0.1) is 10.2 Å². The van der Waals surface area contributed by atoms with Crippen LogP contribution in [-0.2, 0) is 9.63 Å². The molecule has 4 rings (SSSR count). The zero-order valence-electron chi connectivity index (χ0n) is 21.5. The van der Waals surface area contributed by atoms with E-state index < -0.39 is 0 Å². The van der Waals surface area contributed by atoms with Gasteiger partial charge in [0.2, 0.25) is 0 Å². The Balaban J connectivity index is 1.30. The average Bonchev–Trinajstić information content (AvgIpc) is 3.51. The minimum atomic E-state index is -0.291. The van der Waals surface area contributed by atoms with Crippen LogP contribution in [-0.4, -0.2) is 70.8 Å². The van der Waals surface area contributed by atoms with Gasteiger partial charge in [0.25, 0.3) is 5.91 Å². The first-order valence-electron chi connectivity index (χ1n) is 12.1. The lowest BCUT2D eigenvalue weighted by Gasteiger charge is -2.23. The molecule has 0 saturated heterocycles. The maximum absolute atomic E-state index is 12.7. The molecule has 13 nitrogen and oxygen atoms in total. The third-order valence-corrected chi connectivity index (χ3v) is 5.49. The van der Waals surface area contributed by atoms with Gasteiger partial charge >= 0.3 is 0 Å². The first kappa shape index (κ1) is 26.9. The van der Waals surface area contributed by atoms with Crippen molar-refractivity contribution in [2.24, 2.45) is 20.5 Å². The number of hydrazone groups is 1. The number of rotatable bonds is 11. The number of amides is 1. The third kappa shape index (κ3) is 7.21. The van der Waals surface area contributed by atoms with Crippen molar-refractivity contribution in [2.75, 3.05) is 26.9 Å². The summed E-state index contributed by atoms with van der Waals surface area (Å²) < 4.78 is 11.0. The lowest BCUT2D eigenvalue weighted by atomic mass is 10.0. The first-order chi connectivity index (χ1) is 19.1. The highest BCUT2D eigenvalue weighted by atomic mass is 16.6. The maximum atomic E-state index is 12.7. The van der Waals surface area contributed by atoms with Gasteiger partial charge in [0.15, 0.2) is 29.6 Å². The van der Waals surface area contributed by atoms with Crippen molar-refractivity contribution < 1.29 is 19.1 Å². The molecule has 0 aliphatic carbocycles. The van der Waals surface area contributed by atoms with Gasteiger partial charge in [-0.3, -0.25) is 15.3 Å². The number of hydrogen-bond donors (Lipinski definition) is 2. The number of nitrogens with one attached hydrogen (secondary N) is 2. The first-order valence-corrected chi connectivity index (χ1v) is 12.1. The van der Waals surface area contributed by atoms with Gasteiger partial charge in [-0.05, 0) is 55.7 Å². The number of benzene rings is 2. The highest BCUT2D eigenvalue weighted by Gasteiger charge is 2.20. The Kier molecular flexibility index (Phi) is 9.24. The summed E-state index contributed by atoms with van der Waals surface area (Å²) in [6, 6.07) is 12.6. The van der Waals surface area contributed by atoms with Gasteiger partial charge in [-0.25, -0.2) is 9.99 Å². The van der Waals surface area contributed by atoms with Crippen LogP contribution in [0.2, 0.25) is 0 Å². The average molecular weight is 530 g/mol. The van der Waals surface area contributed by atoms with E-state index in [-0.39, 0.29) is 18.2 Å². The summed E-state index contributed by atoms with van der Waals surface area (Å²) in [6.07, 6.45) is 4.32. The Morgan fingerprint density at radius 1 is 1.23 bits per heavy atom. The van der Waals surface area contributed by atoms with E-state index >= 15 is 0 Å². The topological polar surface area (TPSA) is 163 Å². The molecule has 1 aliphatic rings. The van der Waals surface area contributed by atoms with E-state index in [4.69, 9.17) is 19.7 Å². The Morgan fingerprint density at radius 2 is 2.08 bits per heavy atom. The molecule has 2 aromatic carbocycles. The molecule has 0 fully saturated rings. The van der Waals surface area contributed by atoms with Crippen molar-refractivity contribution >= 4 is 35.1 Å². The summed E-state index contributed by atoms with van der Waals surface area (Å²) in [5.74, 6) is 3.45. The van der Waals surface area contributed by atoms with Crippen LogP contribution in [0.1, 0.15) is 36.7 Å². The molecule has 2 N–H and O–H groups in total. The van der Waals surface area contributed by atoms with Crippen LogP contribution < -0.4 is 9.47 Å². The van der Waals surface area contributed by atoms with Gasteiger partial charge in [0.05, 0.1) is 31.3 Å². The molecule has 0 atom stereocenters. The molecule has 200 valence electrons. The van der Waals surface area contributed by atoms with Gasteiger partial charge < -0.3 is 14.3 Å². The predicted molar refractivity (Wildman–Crippen MR) is 144 cm³/mol. The Morgan fingerprint density at radius 3 is 2.79 bits per heavy atom. The van der Waals surface area contributed by atoms with Crippen LogP contribution in [0.5, 0.6) is 11.5 Å². The smallest absolute Gasteiger partial charge is 0.283 e. The zero-order chi connectivity index (χ0) is 27.5. The van der Waals surface area contributed by atoms with E-state index in [0.717, 1.165) is 29.7 Å². The number of hydrogen-bond acceptors (Lipinski definition) is 11. The van der Waals surface area contributed by atoms with Crippen LogP contribution in [0.4, 0.5) is 5.69 Å². The van der Waals surface area contributed by atoms with Crippen molar-refractivity contribution in [2.45, 2.75) is 19.8 Å². The molecule has 1 aromatic heterocycles. The second-order valence-corrected chi connectivity index (χ2v) is 8.07. The number of oxime groups is 1. The number of ether oxygens (including phenoxy) is 2. The molecular weight excluding hydrogens is 502 g/mol. The zero-order valence-corrected chi connectivity index (χ0v) is 21.5. The number of aromatic nitrogens is 3. The summed E-state index contributed by atoms with van der Waals surface area (Å²) in [5.41, 5.74) is 3.09. The Bertz CT molecular complexity index is 1410. The molecule has 0 bridgehead atoms. The van der Waals surface area contributed by atoms with Gasteiger partial charge in [-0.1, -0.05) is 17.3 Å². The lowest BCUT2D eigenvalue weighted by Crippen LogP contribution is -2.34. The fourth-order valence-corrected chi connectivity index (χ4v) is 3.60. The summed E-state index contributed by atoms with van der Waals surface area (Å²) in [4.78, 5) is 21.8. The number of carbonyl (C=O) groups excluding carboxylic acids is 1. The number of H-pyrrole nitrogens is 1. The van der Waals surface area contributed by atoms with Crippen molar-refractivity contribution in [3.05, 3.63) is 65.7 Å². The van der Waals surface area contributed by atoms with E-state index in [2.05, 4.69) is 41.5 Å². The largest absolute Gasteiger partial charge is 0.493 e. The molecule has 39 heavy (non-hydrogen) atoms. The van der Waals surface area contributed by atoms with Crippen molar-refractivity contribution in [3.8, 4) is 11.5 Å². The lowest BCUT2D eigenvalue weighted by molar-refractivity contribution is -0.136. The number of methoxy groups -OCH3 is 1. The molecule has 0 spiro atoms. The van der Waals surface area contributed by atoms with Crippen molar-refractivity contribution in [3.63, 3.8) is 0 Å². The van der Waals surface area contributed by atoms with E-state index in [1.54, 1.807) is 31.4 Å². The van der Waals surface area contributed by atoms with Gasteiger partial charge in [0.1, 0.15) is 6.33 Å². The molecule has 3 aromatic rings. The molecule has 1 aliphatic heterocycles. The summed E-state index contributed by atoms with van der Waals surface area (Å²) in [6.45, 7) is 2.68. The fourth-order valence-electron chi connectivity index (χ4n) is 3.60. The normalized spacial score (nSPS) is 13.3. The highest BCUT2D eigenvalue weighted by molar-refractivity contribution is 6.02. The Hall–Kier alpha value is -5.16. The van der Waals surface area contributed by atoms with Crippen molar-refractivity contribution in [1.29, 1.82) is 5.41 Å². The Labute approximate surface area is 224 Å². The van der Waals surface area contributed by atoms with E-state index in [1.807, 2.05) is 25.1 Å². The SMILES string of the molecule is CCOc1cc(C2=NN(C(=O)CO/N=C\c3ccc(N=NC(=C=N)c4ncn[nH]4)cc3)CCC2)ccc1OC. The van der Waals surface area contributed by atoms with Crippen LogP contribution >= 0.6 is 0 Å². The minimum Gasteiger partial charge on any atom is -0.493 e. The van der Waals surface area contributed by atoms with Gasteiger partial charge in [-0.2, -0.15) is 10.2 Å². The summed E-state index contributed by atoms with van der Waals surface area (Å²) in [7, 11) is 1.59. The molecule has 0 radical (unpaired) electrons. The summed E-state index contributed by atoms with van der Waals surface area (Å²) >= 11 is 0. The highest BCUT2D eigenvalue weighted by Crippen LogP contribution is 2.29. The second kappa shape index (κ2) is 13.4. The fraction of sp³-hybridized carbons (Fsp3) is 0.269. The van der Waals surface area contributed by atoms with Crippen molar-refractivity contribution in [1.82, 2.24) is 20.2 Å². The molecule has 1 amide bonds. The molecule has 0 saturated carbocycles. The van der Waals surface area contributed by atoms with Crippen LogP contribution in [0.25, 0.3) is 5.70 Å². The van der Waals surface area contributed by atoms with Crippen LogP contribution in [0.15, 0.2) is 69.3 Å². The third-order valence-electron chi connectivity index (χ3n) is 5.49. The number of aromatic amines is 1. The summed E-state index contributed by atoms with van der Waals surface area (Å²) in [5, 5.41) is 31.5. The number of nitrogens with zero attached hydrogens (tertiary/aromatic N) is 7. The second-order valence-electron chi connectivity index (χ2n) is 8.07. The predicted octanol–water partition coefficient (Wildman–Crippen LogP) is 3.96. The van der Waals surface area contributed by atoms with Gasteiger partial charge in [0, 0.05) is 18.0 Å². The van der Waals surface area contributed by atoms with Crippen LogP contribution in [0.3, 0.4) is 0 Å². The quantitative estimate of drug-likeness (QED) is 0.217. The van der Waals surface area contributed by atoms with E-state index in [0.29, 0.717) is 36.2 Å². The molecular formula is C26H27N9O4. The van der Waals surface area contributed by atoms with Crippen LogP contribution in [0, 0.1) is 5.41 Å². The minimum absolute atomic E-state index is 0.126. The van der Waals surface area contributed by atoms with E-state index in [9.17, 15) is 4.79 Å². The maximum Gasteiger partial charge on any atom is 0.283 e. The van der Waals surface area contributed by atoms with E-state index in [1.165, 1.54) is 17.6 Å². The number of carbonyl (C=O) groups is 1.